The largest absolute Gasteiger partial charge is 0.487 e. The van der Waals surface area contributed by atoms with Gasteiger partial charge in [0.25, 0.3) is 0 Å². The van der Waals surface area contributed by atoms with Crippen molar-refractivity contribution in [3.05, 3.63) is 83.8 Å². The lowest BCUT2D eigenvalue weighted by molar-refractivity contribution is -0.123. The summed E-state index contributed by atoms with van der Waals surface area (Å²) in [5, 5.41) is 4.43. The number of benzene rings is 2. The fourth-order valence-electron chi connectivity index (χ4n) is 5.23. The number of ether oxygens (including phenoxy) is 1. The molecule has 1 amide bonds. The highest BCUT2D eigenvalue weighted by molar-refractivity contribution is 5.90. The van der Waals surface area contributed by atoms with Crippen LogP contribution in [-0.2, 0) is 17.6 Å². The number of H-pyrrole nitrogens is 1. The van der Waals surface area contributed by atoms with E-state index in [0.717, 1.165) is 53.8 Å². The van der Waals surface area contributed by atoms with Gasteiger partial charge >= 0.3 is 0 Å². The number of aromatic nitrogens is 2. The lowest BCUT2D eigenvalue weighted by Crippen LogP contribution is -2.38. The van der Waals surface area contributed by atoms with Crippen molar-refractivity contribution in [2.75, 3.05) is 6.54 Å². The molecular weight excluding hydrogens is 398 g/mol. The van der Waals surface area contributed by atoms with E-state index in [4.69, 9.17) is 4.74 Å². The standard InChI is InChI=1S/C27H25N3O2/c31-27(23-9-4-8-22-21-6-1-2-10-24(21)30-25(22)23)29-16-19-15-18-5-3-7-20(26(18)32-19)17-11-13-28-14-12-17/h1-3,5-7,10-14,19,23,30H,4,8-9,15-16H2,(H,29,31)/t19-,23+/m0/s1. The summed E-state index contributed by atoms with van der Waals surface area (Å²) in [7, 11) is 0. The van der Waals surface area contributed by atoms with Crippen molar-refractivity contribution < 1.29 is 9.53 Å². The van der Waals surface area contributed by atoms with Gasteiger partial charge in [0.15, 0.2) is 0 Å². The zero-order valence-corrected chi connectivity index (χ0v) is 17.8. The second kappa shape index (κ2) is 7.83. The Kier molecular flexibility index (Phi) is 4.67. The summed E-state index contributed by atoms with van der Waals surface area (Å²) in [4.78, 5) is 20.8. The van der Waals surface area contributed by atoms with Crippen LogP contribution in [0, 0.1) is 0 Å². The molecular formula is C27H25N3O2. The summed E-state index contributed by atoms with van der Waals surface area (Å²) in [6.45, 7) is 0.509. The molecule has 0 radical (unpaired) electrons. The highest BCUT2D eigenvalue weighted by Gasteiger charge is 2.31. The Morgan fingerprint density at radius 3 is 2.88 bits per heavy atom. The minimum atomic E-state index is -0.123. The number of rotatable bonds is 4. The lowest BCUT2D eigenvalue weighted by Gasteiger charge is -2.23. The Morgan fingerprint density at radius 1 is 1.09 bits per heavy atom. The SMILES string of the molecule is O=C(NC[C@@H]1Cc2cccc(-c3ccncc3)c2O1)[C@@H]1CCCc2c1[nH]c1ccccc21. The Hall–Kier alpha value is -3.60. The van der Waals surface area contributed by atoms with Gasteiger partial charge in [-0.15, -0.1) is 0 Å². The monoisotopic (exact) mass is 423 g/mol. The first kappa shape index (κ1) is 19.1. The van der Waals surface area contributed by atoms with Crippen LogP contribution in [0.15, 0.2) is 67.0 Å². The van der Waals surface area contributed by atoms with Gasteiger partial charge in [-0.1, -0.05) is 36.4 Å². The molecule has 0 fully saturated rings. The molecule has 0 saturated carbocycles. The van der Waals surface area contributed by atoms with Crippen LogP contribution in [0.3, 0.4) is 0 Å². The summed E-state index contributed by atoms with van der Waals surface area (Å²) >= 11 is 0. The van der Waals surface area contributed by atoms with E-state index in [9.17, 15) is 4.79 Å². The number of carbonyl (C=O) groups excluding carboxylic acids is 1. The van der Waals surface area contributed by atoms with Crippen LogP contribution in [0.2, 0.25) is 0 Å². The summed E-state index contributed by atoms with van der Waals surface area (Å²) in [5.74, 6) is 0.891. The molecule has 2 N–H and O–H groups in total. The fourth-order valence-corrected chi connectivity index (χ4v) is 5.23. The maximum absolute atomic E-state index is 13.2. The second-order valence-corrected chi connectivity index (χ2v) is 8.73. The van der Waals surface area contributed by atoms with Crippen molar-refractivity contribution in [1.29, 1.82) is 0 Å². The molecule has 5 nitrogen and oxygen atoms in total. The van der Waals surface area contributed by atoms with Crippen LogP contribution in [0.4, 0.5) is 0 Å². The van der Waals surface area contributed by atoms with Gasteiger partial charge in [0.05, 0.1) is 12.5 Å². The third-order valence-corrected chi connectivity index (χ3v) is 6.76. The number of aromatic amines is 1. The zero-order valence-electron chi connectivity index (χ0n) is 17.8. The number of fused-ring (bicyclic) bond motifs is 4. The van der Waals surface area contributed by atoms with Gasteiger partial charge in [-0.25, -0.2) is 0 Å². The Balaban J connectivity index is 1.17. The van der Waals surface area contributed by atoms with Crippen molar-refractivity contribution in [3.63, 3.8) is 0 Å². The zero-order chi connectivity index (χ0) is 21.5. The van der Waals surface area contributed by atoms with Crippen LogP contribution in [0.5, 0.6) is 5.75 Å². The van der Waals surface area contributed by atoms with E-state index in [1.807, 2.05) is 18.2 Å². The minimum absolute atomic E-state index is 0.0530. The number of amides is 1. The summed E-state index contributed by atoms with van der Waals surface area (Å²) < 4.78 is 6.30. The molecule has 5 heteroatoms. The number of hydrogen-bond acceptors (Lipinski definition) is 3. The van der Waals surface area contributed by atoms with Crippen LogP contribution in [-0.4, -0.2) is 28.5 Å². The molecule has 160 valence electrons. The number of carbonyl (C=O) groups is 1. The summed E-state index contributed by atoms with van der Waals surface area (Å²) in [6, 6.07) is 18.6. The van der Waals surface area contributed by atoms with E-state index in [1.165, 1.54) is 16.5 Å². The lowest BCUT2D eigenvalue weighted by atomic mass is 9.86. The van der Waals surface area contributed by atoms with E-state index in [-0.39, 0.29) is 17.9 Å². The van der Waals surface area contributed by atoms with E-state index in [1.54, 1.807) is 12.4 Å². The van der Waals surface area contributed by atoms with E-state index in [0.29, 0.717) is 6.54 Å². The van der Waals surface area contributed by atoms with Gasteiger partial charge in [0, 0.05) is 41.0 Å². The molecule has 3 heterocycles. The number of hydrogen-bond donors (Lipinski definition) is 2. The second-order valence-electron chi connectivity index (χ2n) is 8.73. The first-order valence-corrected chi connectivity index (χ1v) is 11.3. The summed E-state index contributed by atoms with van der Waals surface area (Å²) in [6.07, 6.45) is 7.28. The minimum Gasteiger partial charge on any atom is -0.487 e. The van der Waals surface area contributed by atoms with Crippen molar-refractivity contribution in [1.82, 2.24) is 15.3 Å². The molecule has 32 heavy (non-hydrogen) atoms. The molecule has 1 aliphatic carbocycles. The quantitative estimate of drug-likeness (QED) is 0.497. The normalized spacial score (nSPS) is 19.2. The van der Waals surface area contributed by atoms with Crippen molar-refractivity contribution in [3.8, 4) is 16.9 Å². The van der Waals surface area contributed by atoms with Crippen LogP contribution >= 0.6 is 0 Å². The molecule has 4 aromatic rings. The van der Waals surface area contributed by atoms with Gasteiger partial charge in [-0.3, -0.25) is 9.78 Å². The van der Waals surface area contributed by atoms with Crippen LogP contribution in [0.25, 0.3) is 22.0 Å². The number of para-hydroxylation sites is 2. The first-order chi connectivity index (χ1) is 15.8. The van der Waals surface area contributed by atoms with Crippen molar-refractivity contribution in [2.24, 2.45) is 0 Å². The summed E-state index contributed by atoms with van der Waals surface area (Å²) in [5.41, 5.74) is 6.87. The van der Waals surface area contributed by atoms with Crippen molar-refractivity contribution in [2.45, 2.75) is 37.7 Å². The molecule has 2 aliphatic rings. The molecule has 0 spiro atoms. The van der Waals surface area contributed by atoms with Crippen LogP contribution in [0.1, 0.15) is 35.6 Å². The smallest absolute Gasteiger partial charge is 0.229 e. The topological polar surface area (TPSA) is 67.0 Å². The number of nitrogens with one attached hydrogen (secondary N) is 2. The predicted octanol–water partition coefficient (Wildman–Crippen LogP) is 4.77. The van der Waals surface area contributed by atoms with E-state index >= 15 is 0 Å². The van der Waals surface area contributed by atoms with Gasteiger partial charge in [-0.2, -0.15) is 0 Å². The average molecular weight is 424 g/mol. The fraction of sp³-hybridized carbons (Fsp3) is 0.259. The Bertz CT molecular complexity index is 1300. The molecule has 0 unspecified atom stereocenters. The van der Waals surface area contributed by atoms with Gasteiger partial charge in [-0.05, 0) is 54.2 Å². The number of aryl methyl sites for hydroxylation is 1. The maximum atomic E-state index is 13.2. The third-order valence-electron chi connectivity index (χ3n) is 6.76. The Labute approximate surface area is 186 Å². The number of nitrogens with zero attached hydrogens (tertiary/aromatic N) is 1. The van der Waals surface area contributed by atoms with E-state index < -0.39 is 0 Å². The van der Waals surface area contributed by atoms with Crippen molar-refractivity contribution >= 4 is 16.8 Å². The molecule has 2 aromatic carbocycles. The molecule has 0 bridgehead atoms. The average Bonchev–Trinajstić information content (AvgIpc) is 3.44. The predicted molar refractivity (Wildman–Crippen MR) is 125 cm³/mol. The third kappa shape index (κ3) is 3.25. The first-order valence-electron chi connectivity index (χ1n) is 11.3. The molecule has 2 atom stereocenters. The van der Waals surface area contributed by atoms with E-state index in [2.05, 4.69) is 51.7 Å². The molecule has 6 rings (SSSR count). The van der Waals surface area contributed by atoms with Gasteiger partial charge < -0.3 is 15.0 Å². The van der Waals surface area contributed by atoms with Gasteiger partial charge in [0.1, 0.15) is 11.9 Å². The maximum Gasteiger partial charge on any atom is 0.229 e. The van der Waals surface area contributed by atoms with Gasteiger partial charge in [0.2, 0.25) is 5.91 Å². The molecule has 1 aliphatic heterocycles. The molecule has 2 aromatic heterocycles. The highest BCUT2D eigenvalue weighted by atomic mass is 16.5. The highest BCUT2D eigenvalue weighted by Crippen LogP contribution is 2.39. The molecule has 0 saturated heterocycles. The Morgan fingerprint density at radius 2 is 1.97 bits per heavy atom. The van der Waals surface area contributed by atoms with Crippen LogP contribution < -0.4 is 10.1 Å². The number of pyridine rings is 1.